The number of hydrogen-bond acceptors (Lipinski definition) is 4. The van der Waals surface area contributed by atoms with Gasteiger partial charge in [0.15, 0.2) is 0 Å². The van der Waals surface area contributed by atoms with E-state index in [9.17, 15) is 0 Å². The molecule has 0 unspecified atom stereocenters. The van der Waals surface area contributed by atoms with E-state index >= 15 is 0 Å². The van der Waals surface area contributed by atoms with Gasteiger partial charge in [0.05, 0.1) is 5.69 Å². The average molecular weight is 281 g/mol. The average Bonchev–Trinajstić information content (AvgIpc) is 2.99. The minimum absolute atomic E-state index is 0.827. The van der Waals surface area contributed by atoms with Crippen LogP contribution in [0.15, 0.2) is 42.5 Å². The zero-order chi connectivity index (χ0) is 13.7. The monoisotopic (exact) mass is 281 g/mol. The van der Waals surface area contributed by atoms with Crippen LogP contribution in [0.1, 0.15) is 5.56 Å². The molecular formula is C16H15N3S. The quantitative estimate of drug-likeness (QED) is 0.664. The van der Waals surface area contributed by atoms with Gasteiger partial charge in [-0.3, -0.25) is 0 Å². The standard InChI is InChI=1S/C16H15N3S/c1-19-9-11-6-12(17)8-13(16(11)18-19)15-7-10-4-2-3-5-14(10)20-15/h2-8,18H,9,17H2,1H3. The first-order valence-electron chi connectivity index (χ1n) is 6.60. The van der Waals surface area contributed by atoms with Gasteiger partial charge >= 0.3 is 0 Å². The zero-order valence-electron chi connectivity index (χ0n) is 11.2. The maximum Gasteiger partial charge on any atom is 0.0623 e. The fraction of sp³-hybridized carbons (Fsp3) is 0.125. The van der Waals surface area contributed by atoms with Gasteiger partial charge in [-0.15, -0.1) is 11.3 Å². The second kappa shape index (κ2) is 4.23. The maximum absolute atomic E-state index is 6.07. The van der Waals surface area contributed by atoms with Crippen LogP contribution in [0, 0.1) is 0 Å². The van der Waals surface area contributed by atoms with Gasteiger partial charge in [-0.25, -0.2) is 5.01 Å². The van der Waals surface area contributed by atoms with Crippen molar-refractivity contribution >= 4 is 32.8 Å². The number of anilines is 2. The van der Waals surface area contributed by atoms with Gasteiger partial charge < -0.3 is 11.2 Å². The number of hydrogen-bond donors (Lipinski definition) is 2. The Balaban J connectivity index is 1.94. The van der Waals surface area contributed by atoms with Gasteiger partial charge in [0.1, 0.15) is 0 Å². The second-order valence-corrected chi connectivity index (χ2v) is 6.30. The second-order valence-electron chi connectivity index (χ2n) is 5.22. The van der Waals surface area contributed by atoms with E-state index in [0.717, 1.165) is 12.2 Å². The molecule has 1 aromatic heterocycles. The van der Waals surface area contributed by atoms with Crippen molar-refractivity contribution in [2.75, 3.05) is 18.2 Å². The largest absolute Gasteiger partial charge is 0.399 e. The van der Waals surface area contributed by atoms with E-state index in [1.54, 1.807) is 0 Å². The molecule has 4 heteroatoms. The molecule has 0 saturated heterocycles. The van der Waals surface area contributed by atoms with Gasteiger partial charge in [-0.2, -0.15) is 0 Å². The Morgan fingerprint density at radius 3 is 2.90 bits per heavy atom. The summed E-state index contributed by atoms with van der Waals surface area (Å²) in [5.41, 5.74) is 14.0. The third kappa shape index (κ3) is 1.77. The smallest absolute Gasteiger partial charge is 0.0623 e. The summed E-state index contributed by atoms with van der Waals surface area (Å²) in [6.07, 6.45) is 0. The molecule has 4 rings (SSSR count). The van der Waals surface area contributed by atoms with Crippen LogP contribution >= 0.6 is 11.3 Å². The van der Waals surface area contributed by atoms with E-state index in [1.807, 2.05) is 18.4 Å². The molecular weight excluding hydrogens is 266 g/mol. The van der Waals surface area contributed by atoms with Gasteiger partial charge in [0.2, 0.25) is 0 Å². The molecule has 3 nitrogen and oxygen atoms in total. The summed E-state index contributed by atoms with van der Waals surface area (Å²) >= 11 is 1.81. The van der Waals surface area contributed by atoms with E-state index in [2.05, 4.69) is 52.9 Å². The van der Waals surface area contributed by atoms with Gasteiger partial charge in [0.25, 0.3) is 0 Å². The third-order valence-corrected chi connectivity index (χ3v) is 4.79. The minimum Gasteiger partial charge on any atom is -0.399 e. The Bertz CT molecular complexity index is 774. The lowest BCUT2D eigenvalue weighted by atomic mass is 10.0. The van der Waals surface area contributed by atoms with E-state index in [4.69, 9.17) is 5.73 Å². The first-order chi connectivity index (χ1) is 9.70. The molecule has 20 heavy (non-hydrogen) atoms. The van der Waals surface area contributed by atoms with Crippen molar-refractivity contribution in [3.8, 4) is 10.4 Å². The molecule has 1 aliphatic rings. The number of hydrazine groups is 1. The Labute approximate surface area is 121 Å². The number of nitrogen functional groups attached to an aromatic ring is 1. The Morgan fingerprint density at radius 2 is 2.05 bits per heavy atom. The summed E-state index contributed by atoms with van der Waals surface area (Å²) < 4.78 is 1.31. The van der Waals surface area contributed by atoms with Crippen LogP contribution in [0.2, 0.25) is 0 Å². The normalized spacial score (nSPS) is 14.4. The number of nitrogens with two attached hydrogens (primary N) is 1. The summed E-state index contributed by atoms with van der Waals surface area (Å²) in [4.78, 5) is 1.26. The lowest BCUT2D eigenvalue weighted by Gasteiger charge is -2.10. The van der Waals surface area contributed by atoms with Crippen LogP contribution in [0.3, 0.4) is 0 Å². The van der Waals surface area contributed by atoms with Crippen LogP contribution in [0.25, 0.3) is 20.5 Å². The highest BCUT2D eigenvalue weighted by molar-refractivity contribution is 7.22. The topological polar surface area (TPSA) is 41.3 Å². The lowest BCUT2D eigenvalue weighted by molar-refractivity contribution is 0.422. The Morgan fingerprint density at radius 1 is 1.20 bits per heavy atom. The number of benzene rings is 2. The molecule has 3 aromatic rings. The molecule has 0 spiro atoms. The van der Waals surface area contributed by atoms with Gasteiger partial charge in [-0.05, 0) is 35.2 Å². The number of nitrogens with zero attached hydrogens (tertiary/aromatic N) is 1. The Kier molecular flexibility index (Phi) is 2.49. The highest BCUT2D eigenvalue weighted by atomic mass is 32.1. The first-order valence-corrected chi connectivity index (χ1v) is 7.41. The lowest BCUT2D eigenvalue weighted by Crippen LogP contribution is -2.16. The summed E-state index contributed by atoms with van der Waals surface area (Å²) in [6.45, 7) is 0.887. The van der Waals surface area contributed by atoms with Crippen LogP contribution in [0.5, 0.6) is 0 Å². The molecule has 0 bridgehead atoms. The van der Waals surface area contributed by atoms with Gasteiger partial charge in [-0.1, -0.05) is 18.2 Å². The molecule has 2 heterocycles. The van der Waals surface area contributed by atoms with E-state index in [-0.39, 0.29) is 0 Å². The SMILES string of the molecule is CN1Cc2cc(N)cc(-c3cc4ccccc4s3)c2N1. The molecule has 0 amide bonds. The molecule has 1 aliphatic heterocycles. The summed E-state index contributed by atoms with van der Waals surface area (Å²) in [7, 11) is 2.05. The molecule has 3 N–H and O–H groups in total. The molecule has 0 aliphatic carbocycles. The summed E-state index contributed by atoms with van der Waals surface area (Å²) in [5.74, 6) is 0. The fourth-order valence-corrected chi connectivity index (χ4v) is 3.86. The highest BCUT2D eigenvalue weighted by Gasteiger charge is 2.20. The number of thiophene rings is 1. The van der Waals surface area contributed by atoms with Crippen molar-refractivity contribution in [3.05, 3.63) is 48.0 Å². The maximum atomic E-state index is 6.07. The Hall–Kier alpha value is -2.04. The fourth-order valence-electron chi connectivity index (χ4n) is 2.78. The number of rotatable bonds is 1. The summed E-state index contributed by atoms with van der Waals surface area (Å²) in [6, 6.07) is 14.8. The molecule has 0 fully saturated rings. The molecule has 0 radical (unpaired) electrons. The van der Waals surface area contributed by atoms with Crippen molar-refractivity contribution in [1.82, 2.24) is 5.01 Å². The zero-order valence-corrected chi connectivity index (χ0v) is 12.0. The summed E-state index contributed by atoms with van der Waals surface area (Å²) in [5, 5.41) is 3.37. The van der Waals surface area contributed by atoms with Crippen molar-refractivity contribution in [2.24, 2.45) is 0 Å². The molecule has 0 saturated carbocycles. The van der Waals surface area contributed by atoms with Crippen LogP contribution in [-0.2, 0) is 6.54 Å². The molecule has 100 valence electrons. The van der Waals surface area contributed by atoms with Gasteiger partial charge in [0, 0.05) is 34.4 Å². The van der Waals surface area contributed by atoms with Crippen molar-refractivity contribution in [3.63, 3.8) is 0 Å². The van der Waals surface area contributed by atoms with E-state index < -0.39 is 0 Å². The van der Waals surface area contributed by atoms with Crippen molar-refractivity contribution < 1.29 is 0 Å². The highest BCUT2D eigenvalue weighted by Crippen LogP contribution is 2.42. The third-order valence-electron chi connectivity index (χ3n) is 3.64. The van der Waals surface area contributed by atoms with E-state index in [1.165, 1.54) is 31.8 Å². The van der Waals surface area contributed by atoms with Crippen LogP contribution in [0.4, 0.5) is 11.4 Å². The van der Waals surface area contributed by atoms with Crippen LogP contribution in [-0.4, -0.2) is 12.1 Å². The predicted octanol–water partition coefficient (Wildman–Crippen LogP) is 3.92. The first kappa shape index (κ1) is 11.8. The number of nitrogens with one attached hydrogen (secondary N) is 1. The number of fused-ring (bicyclic) bond motifs is 2. The predicted molar refractivity (Wildman–Crippen MR) is 86.8 cm³/mol. The molecule has 0 atom stereocenters. The minimum atomic E-state index is 0.827. The van der Waals surface area contributed by atoms with E-state index in [0.29, 0.717) is 0 Å². The van der Waals surface area contributed by atoms with Crippen LogP contribution < -0.4 is 11.2 Å². The van der Waals surface area contributed by atoms with Crippen molar-refractivity contribution in [1.29, 1.82) is 0 Å². The van der Waals surface area contributed by atoms with Crippen molar-refractivity contribution in [2.45, 2.75) is 6.54 Å². The molecule has 2 aromatic carbocycles.